The van der Waals surface area contributed by atoms with Crippen LogP contribution in [0.5, 0.6) is 0 Å². The van der Waals surface area contributed by atoms with E-state index in [1.165, 1.54) is 36.0 Å². The van der Waals surface area contributed by atoms with Crippen LogP contribution in [0.25, 0.3) is 0 Å². The minimum atomic E-state index is -0.181. The molecule has 0 aromatic heterocycles. The van der Waals surface area contributed by atoms with Gasteiger partial charge in [-0.25, -0.2) is 0 Å². The van der Waals surface area contributed by atoms with Crippen molar-refractivity contribution in [1.82, 2.24) is 0 Å². The van der Waals surface area contributed by atoms with Gasteiger partial charge in [0, 0.05) is 0 Å². The van der Waals surface area contributed by atoms with Crippen molar-refractivity contribution >= 4 is 5.97 Å². The molecule has 0 amide bonds. The van der Waals surface area contributed by atoms with Crippen molar-refractivity contribution in [3.8, 4) is 0 Å². The molecule has 0 aliphatic heterocycles. The Balaban J connectivity index is 2.60. The Hall–Kier alpha value is -1.83. The van der Waals surface area contributed by atoms with Crippen LogP contribution in [0.1, 0.15) is 60.3 Å². The lowest BCUT2D eigenvalue weighted by Gasteiger charge is -2.32. The molecule has 1 rings (SSSR count). The molecule has 0 heterocycles. The molecule has 1 aliphatic carbocycles. The summed E-state index contributed by atoms with van der Waals surface area (Å²) in [5.41, 5.74) is 4.48. The molecule has 0 bridgehead atoms. The zero-order chi connectivity index (χ0) is 18.9. The summed E-state index contributed by atoms with van der Waals surface area (Å²) in [5.74, 6) is -0.0211. The lowest BCUT2D eigenvalue weighted by atomic mass is 9.72. The van der Waals surface area contributed by atoms with Crippen molar-refractivity contribution in [2.24, 2.45) is 11.3 Å². The highest BCUT2D eigenvalue weighted by Crippen LogP contribution is 2.40. The summed E-state index contributed by atoms with van der Waals surface area (Å²) in [6.07, 6.45) is 16.4. The maximum atomic E-state index is 11.5. The van der Waals surface area contributed by atoms with Crippen molar-refractivity contribution in [1.29, 1.82) is 0 Å². The molecule has 2 nitrogen and oxygen atoms in total. The highest BCUT2D eigenvalue weighted by molar-refractivity contribution is 5.70. The first kappa shape index (κ1) is 21.2. The highest BCUT2D eigenvalue weighted by atomic mass is 16.5. The summed E-state index contributed by atoms with van der Waals surface area (Å²) in [6.45, 7) is 14.9. The van der Waals surface area contributed by atoms with Gasteiger partial charge in [0.2, 0.25) is 0 Å². The van der Waals surface area contributed by atoms with Gasteiger partial charge >= 0.3 is 5.97 Å². The normalized spacial score (nSPS) is 19.5. The van der Waals surface area contributed by atoms with Gasteiger partial charge in [0.05, 0.1) is 6.42 Å². The number of hydrogen-bond donors (Lipinski definition) is 0. The molecule has 0 aromatic carbocycles. The summed E-state index contributed by atoms with van der Waals surface area (Å²) >= 11 is 0. The first-order valence-electron chi connectivity index (χ1n) is 9.26. The predicted octanol–water partition coefficient (Wildman–Crippen LogP) is 6.33. The standard InChI is InChI=1S/C23H34O2/c1-7-16-25-22(24)17-19(3)11-8-10-18(2)13-14-21-20(4)12-9-15-23(21,5)6/h7-8,10-11,13-14,19H,1,9,12,15-17H2,2-6H3/b11-8+,14-13+,18-10+. The van der Waals surface area contributed by atoms with E-state index in [2.05, 4.69) is 52.5 Å². The third-order valence-corrected chi connectivity index (χ3v) is 4.70. The van der Waals surface area contributed by atoms with E-state index < -0.39 is 0 Å². The number of allylic oxidation sites excluding steroid dienone is 8. The van der Waals surface area contributed by atoms with E-state index in [1.807, 2.05) is 19.1 Å². The van der Waals surface area contributed by atoms with Crippen LogP contribution < -0.4 is 0 Å². The Labute approximate surface area is 154 Å². The van der Waals surface area contributed by atoms with Gasteiger partial charge in [-0.1, -0.05) is 75.0 Å². The van der Waals surface area contributed by atoms with Crippen LogP contribution in [-0.2, 0) is 9.53 Å². The number of carbonyl (C=O) groups is 1. The molecule has 0 radical (unpaired) electrons. The predicted molar refractivity (Wildman–Crippen MR) is 107 cm³/mol. The van der Waals surface area contributed by atoms with Gasteiger partial charge in [0.25, 0.3) is 0 Å². The van der Waals surface area contributed by atoms with Crippen LogP contribution >= 0.6 is 0 Å². The van der Waals surface area contributed by atoms with E-state index in [0.717, 1.165) is 0 Å². The molecule has 0 aromatic rings. The van der Waals surface area contributed by atoms with E-state index in [-0.39, 0.29) is 23.9 Å². The zero-order valence-electron chi connectivity index (χ0n) is 16.6. The van der Waals surface area contributed by atoms with Crippen LogP contribution in [0, 0.1) is 11.3 Å². The molecule has 1 unspecified atom stereocenters. The number of ether oxygens (including phenoxy) is 1. The van der Waals surface area contributed by atoms with E-state index in [0.29, 0.717) is 6.42 Å². The molecule has 1 atom stereocenters. The maximum absolute atomic E-state index is 11.5. The molecule has 0 N–H and O–H groups in total. The minimum absolute atomic E-state index is 0.160. The van der Waals surface area contributed by atoms with Gasteiger partial charge in [0.1, 0.15) is 6.61 Å². The van der Waals surface area contributed by atoms with Crippen molar-refractivity contribution in [3.05, 3.63) is 59.8 Å². The fourth-order valence-corrected chi connectivity index (χ4v) is 3.22. The summed E-state index contributed by atoms with van der Waals surface area (Å²) in [6, 6.07) is 0. The lowest BCUT2D eigenvalue weighted by Crippen LogP contribution is -2.19. The number of esters is 1. The second-order valence-corrected chi connectivity index (χ2v) is 7.71. The molecule has 25 heavy (non-hydrogen) atoms. The summed E-state index contributed by atoms with van der Waals surface area (Å²) in [7, 11) is 0. The monoisotopic (exact) mass is 342 g/mol. The lowest BCUT2D eigenvalue weighted by molar-refractivity contribution is -0.143. The number of carbonyl (C=O) groups excluding carboxylic acids is 1. The maximum Gasteiger partial charge on any atom is 0.306 e. The van der Waals surface area contributed by atoms with E-state index in [9.17, 15) is 4.79 Å². The second-order valence-electron chi connectivity index (χ2n) is 7.71. The fourth-order valence-electron chi connectivity index (χ4n) is 3.22. The van der Waals surface area contributed by atoms with Crippen molar-refractivity contribution < 1.29 is 9.53 Å². The van der Waals surface area contributed by atoms with Gasteiger partial charge in [-0.05, 0) is 50.0 Å². The highest BCUT2D eigenvalue weighted by Gasteiger charge is 2.26. The Morgan fingerprint density at radius 2 is 2.12 bits per heavy atom. The van der Waals surface area contributed by atoms with Crippen LogP contribution in [-0.4, -0.2) is 12.6 Å². The Morgan fingerprint density at radius 3 is 2.76 bits per heavy atom. The summed E-state index contributed by atoms with van der Waals surface area (Å²) in [5, 5.41) is 0. The van der Waals surface area contributed by atoms with Crippen LogP contribution in [0.2, 0.25) is 0 Å². The third-order valence-electron chi connectivity index (χ3n) is 4.70. The van der Waals surface area contributed by atoms with Crippen LogP contribution in [0.4, 0.5) is 0 Å². The first-order valence-corrected chi connectivity index (χ1v) is 9.26. The number of rotatable bonds is 8. The number of hydrogen-bond acceptors (Lipinski definition) is 2. The average molecular weight is 343 g/mol. The van der Waals surface area contributed by atoms with Crippen LogP contribution in [0.15, 0.2) is 59.8 Å². The van der Waals surface area contributed by atoms with Gasteiger partial charge in [-0.3, -0.25) is 4.79 Å². The molecule has 0 fully saturated rings. The zero-order valence-corrected chi connectivity index (χ0v) is 16.6. The van der Waals surface area contributed by atoms with Crippen molar-refractivity contribution in [3.63, 3.8) is 0 Å². The molecular formula is C23H34O2. The average Bonchev–Trinajstić information content (AvgIpc) is 2.51. The molecule has 138 valence electrons. The largest absolute Gasteiger partial charge is 0.461 e. The minimum Gasteiger partial charge on any atom is -0.461 e. The Kier molecular flexibility index (Phi) is 8.68. The SMILES string of the molecule is C=CCOC(=O)CC(C)/C=C/C=C(C)/C=C/C1=C(C)CCCC1(C)C. The molecule has 0 spiro atoms. The Morgan fingerprint density at radius 1 is 1.40 bits per heavy atom. The summed E-state index contributed by atoms with van der Waals surface area (Å²) in [4.78, 5) is 11.5. The summed E-state index contributed by atoms with van der Waals surface area (Å²) < 4.78 is 5.00. The van der Waals surface area contributed by atoms with Gasteiger partial charge in [0.15, 0.2) is 0 Å². The van der Waals surface area contributed by atoms with Crippen molar-refractivity contribution in [2.45, 2.75) is 60.3 Å². The topological polar surface area (TPSA) is 26.3 Å². The molecule has 1 aliphatic rings. The van der Waals surface area contributed by atoms with Gasteiger partial charge in [-0.15, -0.1) is 0 Å². The van der Waals surface area contributed by atoms with E-state index in [4.69, 9.17) is 4.74 Å². The quantitative estimate of drug-likeness (QED) is 0.293. The fraction of sp³-hybridized carbons (Fsp3) is 0.522. The molecule has 0 saturated carbocycles. The first-order chi connectivity index (χ1) is 11.8. The smallest absolute Gasteiger partial charge is 0.306 e. The molecule has 2 heteroatoms. The van der Waals surface area contributed by atoms with Crippen molar-refractivity contribution in [2.75, 3.05) is 6.61 Å². The Bertz CT molecular complexity index is 585. The third kappa shape index (κ3) is 7.72. The van der Waals surface area contributed by atoms with E-state index in [1.54, 1.807) is 6.08 Å². The molecular weight excluding hydrogens is 308 g/mol. The second kappa shape index (κ2) is 10.2. The van der Waals surface area contributed by atoms with Gasteiger partial charge < -0.3 is 4.74 Å². The van der Waals surface area contributed by atoms with Gasteiger partial charge in [-0.2, -0.15) is 0 Å². The molecule has 0 saturated heterocycles. The van der Waals surface area contributed by atoms with Crippen LogP contribution in [0.3, 0.4) is 0 Å². The van der Waals surface area contributed by atoms with E-state index >= 15 is 0 Å².